The Morgan fingerprint density at radius 1 is 1.18 bits per heavy atom. The van der Waals surface area contributed by atoms with Crippen molar-refractivity contribution in [1.82, 2.24) is 0 Å². The van der Waals surface area contributed by atoms with Gasteiger partial charge < -0.3 is 0 Å². The second kappa shape index (κ2) is 6.55. The summed E-state index contributed by atoms with van der Waals surface area (Å²) < 4.78 is 0. The quantitative estimate of drug-likeness (QED) is 0.570. The zero-order valence-electron chi connectivity index (χ0n) is 10.4. The van der Waals surface area contributed by atoms with Crippen molar-refractivity contribution in [3.8, 4) is 0 Å². The Bertz CT molecular complexity index is 352. The predicted octanol–water partition coefficient (Wildman–Crippen LogP) is 4.72. The van der Waals surface area contributed by atoms with Crippen LogP contribution in [0, 0.1) is 5.92 Å². The van der Waals surface area contributed by atoms with Crippen LogP contribution in [0.15, 0.2) is 30.3 Å². The van der Waals surface area contributed by atoms with E-state index in [1.807, 2.05) is 11.8 Å². The lowest BCUT2D eigenvalue weighted by Gasteiger charge is -2.29. The molecule has 2 rings (SSSR count). The molecule has 0 heterocycles. The minimum atomic E-state index is 0.535. The van der Waals surface area contributed by atoms with Crippen molar-refractivity contribution < 1.29 is 0 Å². The van der Waals surface area contributed by atoms with E-state index in [1.165, 1.54) is 37.7 Å². The molecule has 1 aliphatic carbocycles. The van der Waals surface area contributed by atoms with Crippen molar-refractivity contribution in [2.24, 2.45) is 5.92 Å². The molecule has 0 N–H and O–H groups in total. The maximum atomic E-state index is 5.70. The lowest BCUT2D eigenvalue weighted by Crippen LogP contribution is -2.27. The predicted molar refractivity (Wildman–Crippen MR) is 82.0 cm³/mol. The first-order chi connectivity index (χ1) is 8.33. The van der Waals surface area contributed by atoms with Crippen LogP contribution in [0.4, 0.5) is 0 Å². The normalized spacial score (nSPS) is 18.9. The van der Waals surface area contributed by atoms with Crippen LogP contribution in [0.3, 0.4) is 0 Å². The van der Waals surface area contributed by atoms with Crippen LogP contribution in [0.1, 0.15) is 37.7 Å². The molecule has 1 fully saturated rings. The minimum absolute atomic E-state index is 0.535. The van der Waals surface area contributed by atoms with Crippen LogP contribution in [-0.2, 0) is 0 Å². The van der Waals surface area contributed by atoms with Gasteiger partial charge in [-0.15, -0.1) is 0 Å². The Labute approximate surface area is 114 Å². The first-order valence-electron chi connectivity index (χ1n) is 6.45. The van der Waals surface area contributed by atoms with Crippen molar-refractivity contribution in [3.05, 3.63) is 35.9 Å². The van der Waals surface area contributed by atoms with Crippen molar-refractivity contribution in [2.75, 3.05) is 6.26 Å². The molecule has 1 unspecified atom stereocenters. The Balaban J connectivity index is 2.09. The third-order valence-electron chi connectivity index (χ3n) is 3.65. The van der Waals surface area contributed by atoms with Gasteiger partial charge in [-0.1, -0.05) is 61.8 Å². The molecule has 2 heteroatoms. The maximum Gasteiger partial charge on any atom is 0.0430 e. The third kappa shape index (κ3) is 3.32. The smallest absolute Gasteiger partial charge is 0.0430 e. The Morgan fingerprint density at radius 3 is 2.41 bits per heavy atom. The number of thioether (sulfide) groups is 1. The average molecular weight is 264 g/mol. The molecule has 92 valence electrons. The number of thiocarbonyl (C=S) groups is 1. The summed E-state index contributed by atoms with van der Waals surface area (Å²) in [6, 6.07) is 10.5. The largest absolute Gasteiger partial charge is 0.156 e. The van der Waals surface area contributed by atoms with Crippen molar-refractivity contribution >= 4 is 28.8 Å². The molecule has 1 aliphatic rings. The van der Waals surface area contributed by atoms with Crippen LogP contribution in [0.25, 0.3) is 0 Å². The van der Waals surface area contributed by atoms with Gasteiger partial charge in [0.2, 0.25) is 0 Å². The topological polar surface area (TPSA) is 0 Å². The zero-order chi connectivity index (χ0) is 12.1. The number of hydrogen-bond donors (Lipinski definition) is 0. The standard InChI is InChI=1S/C15H20S2/c1-17-15(13-10-6-3-7-11-13)14(16)12-8-4-2-5-9-12/h2,4-5,8-9,13,15H,3,6-7,10-11H2,1H3. The first-order valence-corrected chi connectivity index (χ1v) is 8.14. The highest BCUT2D eigenvalue weighted by Crippen LogP contribution is 2.33. The van der Waals surface area contributed by atoms with Crippen molar-refractivity contribution in [3.63, 3.8) is 0 Å². The molecule has 0 bridgehead atoms. The highest BCUT2D eigenvalue weighted by Gasteiger charge is 2.26. The van der Waals surface area contributed by atoms with Crippen LogP contribution >= 0.6 is 24.0 Å². The van der Waals surface area contributed by atoms with Gasteiger partial charge >= 0.3 is 0 Å². The van der Waals surface area contributed by atoms with Crippen LogP contribution in [-0.4, -0.2) is 16.4 Å². The van der Waals surface area contributed by atoms with Gasteiger partial charge in [-0.25, -0.2) is 0 Å². The molecule has 1 aromatic carbocycles. The van der Waals surface area contributed by atoms with E-state index >= 15 is 0 Å². The first kappa shape index (κ1) is 13.1. The van der Waals surface area contributed by atoms with E-state index in [0.717, 1.165) is 10.8 Å². The maximum absolute atomic E-state index is 5.70. The fraction of sp³-hybridized carbons (Fsp3) is 0.533. The molecule has 1 atom stereocenters. The number of hydrogen-bond acceptors (Lipinski definition) is 2. The van der Waals surface area contributed by atoms with E-state index in [4.69, 9.17) is 12.2 Å². The van der Waals surface area contributed by atoms with E-state index in [1.54, 1.807) is 0 Å². The summed E-state index contributed by atoms with van der Waals surface area (Å²) >= 11 is 7.64. The third-order valence-corrected chi connectivity index (χ3v) is 5.42. The molecular formula is C15H20S2. The number of rotatable bonds is 4. The highest BCUT2D eigenvalue weighted by atomic mass is 32.2. The fourth-order valence-electron chi connectivity index (χ4n) is 2.72. The summed E-state index contributed by atoms with van der Waals surface area (Å²) in [5.41, 5.74) is 1.24. The van der Waals surface area contributed by atoms with E-state index in [2.05, 4.69) is 36.6 Å². The average Bonchev–Trinajstić information content (AvgIpc) is 2.42. The Morgan fingerprint density at radius 2 is 1.82 bits per heavy atom. The fourth-order valence-corrected chi connectivity index (χ4v) is 4.34. The summed E-state index contributed by atoms with van der Waals surface area (Å²) in [5, 5.41) is 0.535. The molecular weight excluding hydrogens is 244 g/mol. The number of benzene rings is 1. The summed E-state index contributed by atoms with van der Waals surface area (Å²) in [6.45, 7) is 0. The summed E-state index contributed by atoms with van der Waals surface area (Å²) in [5.74, 6) is 0.798. The molecule has 0 saturated heterocycles. The summed E-state index contributed by atoms with van der Waals surface area (Å²) in [4.78, 5) is 1.16. The van der Waals surface area contributed by atoms with Crippen molar-refractivity contribution in [2.45, 2.75) is 37.4 Å². The molecule has 0 amide bonds. The van der Waals surface area contributed by atoms with Gasteiger partial charge in [-0.3, -0.25) is 0 Å². The van der Waals surface area contributed by atoms with Gasteiger partial charge in [-0.05, 0) is 30.6 Å². The summed E-state index contributed by atoms with van der Waals surface area (Å²) in [6.07, 6.45) is 9.11. The molecule has 0 spiro atoms. The molecule has 0 aromatic heterocycles. The molecule has 1 saturated carbocycles. The van der Waals surface area contributed by atoms with E-state index in [-0.39, 0.29) is 0 Å². The van der Waals surface area contributed by atoms with Crippen molar-refractivity contribution in [1.29, 1.82) is 0 Å². The van der Waals surface area contributed by atoms with Crippen LogP contribution in [0.5, 0.6) is 0 Å². The van der Waals surface area contributed by atoms with Gasteiger partial charge in [0.15, 0.2) is 0 Å². The molecule has 0 nitrogen and oxygen atoms in total. The lowest BCUT2D eigenvalue weighted by atomic mass is 9.84. The zero-order valence-corrected chi connectivity index (χ0v) is 12.0. The lowest BCUT2D eigenvalue weighted by molar-refractivity contribution is 0.375. The van der Waals surface area contributed by atoms with Gasteiger partial charge in [0.1, 0.15) is 0 Å². The van der Waals surface area contributed by atoms with E-state index < -0.39 is 0 Å². The SMILES string of the molecule is CSC(C(=S)c1ccccc1)C1CCCCC1. The highest BCUT2D eigenvalue weighted by molar-refractivity contribution is 8.01. The van der Waals surface area contributed by atoms with E-state index in [0.29, 0.717) is 5.25 Å². The van der Waals surface area contributed by atoms with Gasteiger partial charge in [0, 0.05) is 10.1 Å². The molecule has 0 radical (unpaired) electrons. The molecule has 17 heavy (non-hydrogen) atoms. The van der Waals surface area contributed by atoms with Crippen LogP contribution in [0.2, 0.25) is 0 Å². The van der Waals surface area contributed by atoms with Gasteiger partial charge in [0.25, 0.3) is 0 Å². The van der Waals surface area contributed by atoms with E-state index in [9.17, 15) is 0 Å². The Kier molecular flexibility index (Phi) is 5.05. The monoisotopic (exact) mass is 264 g/mol. The second-order valence-corrected chi connectivity index (χ2v) is 6.20. The molecule has 1 aromatic rings. The van der Waals surface area contributed by atoms with Crippen LogP contribution < -0.4 is 0 Å². The van der Waals surface area contributed by atoms with Gasteiger partial charge in [0.05, 0.1) is 0 Å². The minimum Gasteiger partial charge on any atom is -0.156 e. The summed E-state index contributed by atoms with van der Waals surface area (Å²) in [7, 11) is 0. The Hall–Kier alpha value is -0.340. The van der Waals surface area contributed by atoms with Gasteiger partial charge in [-0.2, -0.15) is 11.8 Å². The second-order valence-electron chi connectivity index (χ2n) is 4.78. The molecule has 0 aliphatic heterocycles.